The van der Waals surface area contributed by atoms with Crippen LogP contribution in [0.4, 0.5) is 13.2 Å². The Labute approximate surface area is 247 Å². The van der Waals surface area contributed by atoms with Crippen molar-refractivity contribution in [1.29, 1.82) is 0 Å². The number of nitrogens with zero attached hydrogens (tertiary/aromatic N) is 2. The first-order valence-electron chi connectivity index (χ1n) is 14.2. The fourth-order valence-corrected chi connectivity index (χ4v) is 6.55. The molecular formula is C31H34ClF3N2O5. The number of esters is 2. The van der Waals surface area contributed by atoms with Crippen molar-refractivity contribution in [2.75, 3.05) is 26.2 Å². The van der Waals surface area contributed by atoms with Gasteiger partial charge < -0.3 is 14.4 Å². The third-order valence-corrected chi connectivity index (χ3v) is 8.90. The number of amides is 1. The average molecular weight is 607 g/mol. The van der Waals surface area contributed by atoms with Crippen molar-refractivity contribution < 1.29 is 37.0 Å². The van der Waals surface area contributed by atoms with Gasteiger partial charge in [0.25, 0.3) is 5.91 Å². The minimum atomic E-state index is -5.30. The van der Waals surface area contributed by atoms with E-state index in [0.29, 0.717) is 13.1 Å². The molecule has 3 aliphatic rings. The van der Waals surface area contributed by atoms with Crippen molar-refractivity contribution in [3.05, 3.63) is 63.7 Å². The predicted octanol–water partition coefficient (Wildman–Crippen LogP) is 5.75. The Balaban J connectivity index is 1.16. The minimum Gasteiger partial charge on any atom is -0.487 e. The number of carbonyl (C=O) groups excluding carboxylic acids is 3. The molecule has 226 valence electrons. The number of hydrogen-bond donors (Lipinski definition) is 0. The van der Waals surface area contributed by atoms with Gasteiger partial charge in [-0.15, -0.1) is 0 Å². The van der Waals surface area contributed by atoms with Crippen LogP contribution in [0.25, 0.3) is 0 Å². The lowest BCUT2D eigenvalue weighted by Crippen LogP contribution is -2.48. The molecule has 0 saturated carbocycles. The molecule has 5 rings (SSSR count). The zero-order valence-corrected chi connectivity index (χ0v) is 24.4. The van der Waals surface area contributed by atoms with E-state index >= 15 is 0 Å². The van der Waals surface area contributed by atoms with Crippen LogP contribution in [0.15, 0.2) is 36.4 Å². The van der Waals surface area contributed by atoms with E-state index in [2.05, 4.69) is 41.7 Å². The van der Waals surface area contributed by atoms with Crippen LogP contribution >= 0.6 is 11.6 Å². The number of alkyl halides is 3. The fraction of sp³-hybridized carbons (Fsp3) is 0.516. The average Bonchev–Trinajstić information content (AvgIpc) is 3.24. The highest BCUT2D eigenvalue weighted by Crippen LogP contribution is 2.43. The lowest BCUT2D eigenvalue weighted by Gasteiger charge is -2.47. The van der Waals surface area contributed by atoms with Crippen LogP contribution in [0.3, 0.4) is 0 Å². The molecule has 0 aliphatic carbocycles. The molecule has 2 aromatic rings. The zero-order chi connectivity index (χ0) is 30.3. The minimum absolute atomic E-state index is 0.112. The number of fused-ring (bicyclic) bond motifs is 1. The Morgan fingerprint density at radius 3 is 2.31 bits per heavy atom. The maximum absolute atomic E-state index is 13.4. The molecule has 2 saturated heterocycles. The first-order valence-corrected chi connectivity index (χ1v) is 14.5. The second-order valence-corrected chi connectivity index (χ2v) is 12.7. The molecule has 0 radical (unpaired) electrons. The van der Waals surface area contributed by atoms with E-state index in [1.165, 1.54) is 29.3 Å². The van der Waals surface area contributed by atoms with Gasteiger partial charge in [-0.2, -0.15) is 13.2 Å². The highest BCUT2D eigenvalue weighted by molar-refractivity contribution is 6.30. The van der Waals surface area contributed by atoms with Gasteiger partial charge in [-0.25, -0.2) is 4.79 Å². The molecule has 0 aromatic heterocycles. The third-order valence-electron chi connectivity index (χ3n) is 8.67. The second kappa shape index (κ2) is 11.5. The zero-order valence-electron chi connectivity index (χ0n) is 23.7. The first kappa shape index (κ1) is 30.4. The molecule has 2 fully saturated rings. The highest BCUT2D eigenvalue weighted by Gasteiger charge is 2.43. The fourth-order valence-electron chi connectivity index (χ4n) is 6.35. The largest absolute Gasteiger partial charge is 0.491 e. The van der Waals surface area contributed by atoms with Crippen molar-refractivity contribution in [3.63, 3.8) is 0 Å². The molecule has 11 heteroatoms. The second-order valence-electron chi connectivity index (χ2n) is 12.2. The van der Waals surface area contributed by atoms with Gasteiger partial charge in [-0.3, -0.25) is 14.5 Å². The number of para-hydroxylation sites is 1. The van der Waals surface area contributed by atoms with Gasteiger partial charge in [0.15, 0.2) is 0 Å². The van der Waals surface area contributed by atoms with Gasteiger partial charge in [-0.1, -0.05) is 29.8 Å². The summed E-state index contributed by atoms with van der Waals surface area (Å²) < 4.78 is 47.6. The molecule has 0 bridgehead atoms. The molecule has 0 unspecified atom stereocenters. The van der Waals surface area contributed by atoms with Crippen molar-refractivity contribution in [3.8, 4) is 5.75 Å². The van der Waals surface area contributed by atoms with Gasteiger partial charge in [0.2, 0.25) is 0 Å². The first-order chi connectivity index (χ1) is 19.7. The van der Waals surface area contributed by atoms with E-state index in [1.807, 2.05) is 0 Å². The van der Waals surface area contributed by atoms with Crippen LogP contribution in [-0.2, 0) is 33.7 Å². The quantitative estimate of drug-likeness (QED) is 0.319. The molecule has 0 atom stereocenters. The Hall–Kier alpha value is -3.11. The van der Waals surface area contributed by atoms with E-state index in [-0.39, 0.29) is 33.1 Å². The van der Waals surface area contributed by atoms with E-state index in [1.54, 1.807) is 4.90 Å². The number of hydrogen-bond acceptors (Lipinski definition) is 6. The van der Waals surface area contributed by atoms with Gasteiger partial charge in [0, 0.05) is 42.2 Å². The summed E-state index contributed by atoms with van der Waals surface area (Å²) in [4.78, 5) is 40.7. The van der Waals surface area contributed by atoms with E-state index in [9.17, 15) is 27.6 Å². The molecule has 0 N–H and O–H groups in total. The van der Waals surface area contributed by atoms with Crippen molar-refractivity contribution in [2.45, 2.75) is 70.7 Å². The summed E-state index contributed by atoms with van der Waals surface area (Å²) in [6.07, 6.45) is -1.33. The third kappa shape index (κ3) is 6.75. The van der Waals surface area contributed by atoms with E-state index in [4.69, 9.17) is 16.3 Å². The summed E-state index contributed by atoms with van der Waals surface area (Å²) in [7, 11) is 0. The topological polar surface area (TPSA) is 76.2 Å². The van der Waals surface area contributed by atoms with E-state index in [0.717, 1.165) is 57.5 Å². The standard InChI is InChI=1S/C31H34ClF3N2O5/c1-29(2)18-20-4-3-5-21(26(20)42-29)19-36-12-8-30(9-13-36)10-14-37(15-11-30)27(39)24-7-6-23(32)16-22(24)17-25(38)41-28(40)31(33,34)35/h3-7,16H,8-15,17-19H2,1-2H3. The number of benzene rings is 2. The molecule has 1 amide bonds. The van der Waals surface area contributed by atoms with Crippen LogP contribution in [-0.4, -0.2) is 65.6 Å². The molecule has 42 heavy (non-hydrogen) atoms. The highest BCUT2D eigenvalue weighted by atomic mass is 35.5. The van der Waals surface area contributed by atoms with Crippen LogP contribution in [0.2, 0.25) is 5.02 Å². The summed E-state index contributed by atoms with van der Waals surface area (Å²) >= 11 is 6.03. The van der Waals surface area contributed by atoms with Crippen molar-refractivity contribution in [1.82, 2.24) is 9.80 Å². The summed E-state index contributed by atoms with van der Waals surface area (Å²) in [6, 6.07) is 10.7. The predicted molar refractivity (Wildman–Crippen MR) is 149 cm³/mol. The maximum Gasteiger partial charge on any atom is 0.491 e. The molecule has 7 nitrogen and oxygen atoms in total. The van der Waals surface area contributed by atoms with Crippen LogP contribution in [0.5, 0.6) is 5.75 Å². The summed E-state index contributed by atoms with van der Waals surface area (Å²) in [5.74, 6) is -3.31. The summed E-state index contributed by atoms with van der Waals surface area (Å²) in [5.41, 5.74) is 2.72. The van der Waals surface area contributed by atoms with Crippen molar-refractivity contribution in [2.24, 2.45) is 5.41 Å². The molecule has 2 aromatic carbocycles. The van der Waals surface area contributed by atoms with Crippen molar-refractivity contribution >= 4 is 29.4 Å². The number of carbonyl (C=O) groups is 3. The van der Waals surface area contributed by atoms with Gasteiger partial charge in [0.1, 0.15) is 11.4 Å². The molecule has 1 spiro atoms. The number of rotatable bonds is 5. The van der Waals surface area contributed by atoms with Gasteiger partial charge in [0.05, 0.1) is 6.42 Å². The lowest BCUT2D eigenvalue weighted by molar-refractivity contribution is -0.201. The number of ether oxygens (including phenoxy) is 2. The Kier molecular flexibility index (Phi) is 8.33. The van der Waals surface area contributed by atoms with E-state index < -0.39 is 24.5 Å². The number of halogens is 4. The summed E-state index contributed by atoms with van der Waals surface area (Å²) in [5, 5.41) is 0.205. The van der Waals surface area contributed by atoms with Crippen LogP contribution in [0.1, 0.15) is 66.6 Å². The van der Waals surface area contributed by atoms with Crippen LogP contribution in [0, 0.1) is 5.41 Å². The lowest BCUT2D eigenvalue weighted by atomic mass is 9.71. The normalized spacial score (nSPS) is 19.7. The molecular weight excluding hydrogens is 573 g/mol. The molecule has 3 aliphatic heterocycles. The SMILES string of the molecule is CC1(C)Cc2cccc(CN3CCC4(CC3)CCN(C(=O)c3ccc(Cl)cc3CC(=O)OC(=O)C(F)(F)F)CC4)c2O1. The monoisotopic (exact) mass is 606 g/mol. The number of likely N-dealkylation sites (tertiary alicyclic amines) is 2. The maximum atomic E-state index is 13.4. The van der Waals surface area contributed by atoms with Gasteiger partial charge in [-0.05, 0) is 87.4 Å². The Morgan fingerprint density at radius 2 is 1.64 bits per heavy atom. The molecule has 3 heterocycles. The number of piperidine rings is 2. The van der Waals surface area contributed by atoms with Crippen LogP contribution < -0.4 is 4.74 Å². The summed E-state index contributed by atoms with van der Waals surface area (Å²) in [6.45, 7) is 8.06. The van der Waals surface area contributed by atoms with Gasteiger partial charge >= 0.3 is 18.1 Å². The smallest absolute Gasteiger partial charge is 0.487 e. The Morgan fingerprint density at radius 1 is 0.976 bits per heavy atom. The Bertz CT molecular complexity index is 1380.